The van der Waals surface area contributed by atoms with Crippen molar-refractivity contribution in [3.8, 4) is 0 Å². The fourth-order valence-corrected chi connectivity index (χ4v) is 45.2. The van der Waals surface area contributed by atoms with Crippen LogP contribution in [0.1, 0.15) is 62.3 Å². The second-order valence-corrected chi connectivity index (χ2v) is 32.5. The number of hydrogen-bond acceptors (Lipinski definition) is 0. The smallest absolute Gasteiger partial charge is 0.0541 e. The lowest BCUT2D eigenvalue weighted by Crippen LogP contribution is -2.68. The highest BCUT2D eigenvalue weighted by molar-refractivity contribution is 7.54. The summed E-state index contributed by atoms with van der Waals surface area (Å²) in [5.41, 5.74) is 0. The van der Waals surface area contributed by atoms with Gasteiger partial charge in [0.25, 0.3) is 0 Å². The van der Waals surface area contributed by atoms with Crippen LogP contribution in [0.25, 0.3) is 0 Å². The Hall–Kier alpha value is 0.651. The molecular weight excluding hydrogens is 264 g/mol. The van der Waals surface area contributed by atoms with Crippen molar-refractivity contribution in [3.63, 3.8) is 0 Å². The molecule has 0 aromatic rings. The van der Waals surface area contributed by atoms with Crippen LogP contribution in [0, 0.1) is 0 Å². The van der Waals surface area contributed by atoms with Crippen molar-refractivity contribution in [2.45, 2.75) is 97.1 Å². The summed E-state index contributed by atoms with van der Waals surface area (Å²) >= 11 is 0. The fourth-order valence-electron chi connectivity index (χ4n) is 4.67. The molecule has 0 saturated heterocycles. The molecule has 0 aliphatic carbocycles. The molecule has 18 heavy (non-hydrogen) atoms. The third-order valence-corrected chi connectivity index (χ3v) is 36.0. The molecule has 0 aromatic carbocycles. The molecule has 0 spiro atoms. The van der Waals surface area contributed by atoms with E-state index in [0.29, 0.717) is 23.7 Å². The number of hydrogen-bond donors (Lipinski definition) is 0. The minimum Gasteiger partial charge on any atom is -0.0721 e. The third kappa shape index (κ3) is 3.60. The van der Waals surface area contributed by atoms with Crippen LogP contribution in [-0.2, 0) is 0 Å². The summed E-state index contributed by atoms with van der Waals surface area (Å²) in [6.07, 6.45) is 0. The zero-order valence-electron chi connectivity index (χ0n) is 15.1. The standard InChI is InChI=1S/C15H37Si3/c1-13(2,3)18(14(4,5)6,15(7,8)9)16-17(10,11)12/h16H,1-12H3. The summed E-state index contributed by atoms with van der Waals surface area (Å²) < 4.78 is 0. The van der Waals surface area contributed by atoms with Gasteiger partial charge < -0.3 is 0 Å². The van der Waals surface area contributed by atoms with Crippen molar-refractivity contribution < 1.29 is 0 Å². The van der Waals surface area contributed by atoms with E-state index in [2.05, 4.69) is 82.0 Å². The molecule has 0 aromatic heterocycles. The number of rotatable bonds is 2. The molecule has 0 aliphatic heterocycles. The van der Waals surface area contributed by atoms with Gasteiger partial charge in [-0.25, -0.2) is 0 Å². The second-order valence-electron chi connectivity index (χ2n) is 10.1. The summed E-state index contributed by atoms with van der Waals surface area (Å²) in [4.78, 5) is 0. The van der Waals surface area contributed by atoms with Crippen LogP contribution in [-0.4, -0.2) is 23.7 Å². The molecule has 0 bridgehead atoms. The predicted molar refractivity (Wildman–Crippen MR) is 95.4 cm³/mol. The molecule has 0 unspecified atom stereocenters. The van der Waals surface area contributed by atoms with Crippen LogP contribution < -0.4 is 0 Å². The van der Waals surface area contributed by atoms with E-state index < -0.39 is 15.2 Å². The molecule has 1 radical (unpaired) electrons. The van der Waals surface area contributed by atoms with Gasteiger partial charge in [-0.15, -0.1) is 0 Å². The van der Waals surface area contributed by atoms with Crippen molar-refractivity contribution in [2.75, 3.05) is 0 Å². The van der Waals surface area contributed by atoms with Crippen molar-refractivity contribution in [1.29, 1.82) is 0 Å². The first-order valence-electron chi connectivity index (χ1n) is 7.33. The van der Waals surface area contributed by atoms with Crippen LogP contribution in [0.2, 0.25) is 34.8 Å². The Morgan fingerprint density at radius 3 is 0.833 bits per heavy atom. The molecular formula is C15H37Si3. The maximum absolute atomic E-state index is 2.59. The molecule has 3 heteroatoms. The largest absolute Gasteiger partial charge is 0.0721 e. The SMILES string of the molecule is CC(C)(C)[Si]([SiH][Si](C)(C)C)(C(C)(C)C)C(C)(C)C. The molecule has 0 saturated carbocycles. The van der Waals surface area contributed by atoms with Crippen LogP contribution >= 0.6 is 0 Å². The lowest BCUT2D eigenvalue weighted by atomic mass is 10.2. The van der Waals surface area contributed by atoms with E-state index in [4.69, 9.17) is 0 Å². The van der Waals surface area contributed by atoms with Crippen LogP contribution in [0.15, 0.2) is 0 Å². The van der Waals surface area contributed by atoms with E-state index in [0.717, 1.165) is 0 Å². The highest BCUT2D eigenvalue weighted by Gasteiger charge is 2.60. The first kappa shape index (κ1) is 18.7. The molecule has 0 fully saturated rings. The monoisotopic (exact) mass is 301 g/mol. The second kappa shape index (κ2) is 4.88. The van der Waals surface area contributed by atoms with Crippen LogP contribution in [0.5, 0.6) is 0 Å². The van der Waals surface area contributed by atoms with Gasteiger partial charge in [0.1, 0.15) is 0 Å². The topological polar surface area (TPSA) is 0 Å². The molecule has 0 nitrogen and oxygen atoms in total. The van der Waals surface area contributed by atoms with Gasteiger partial charge in [-0.3, -0.25) is 0 Å². The average molecular weight is 302 g/mol. The van der Waals surface area contributed by atoms with E-state index in [9.17, 15) is 0 Å². The van der Waals surface area contributed by atoms with Gasteiger partial charge in [0, 0.05) is 16.1 Å². The highest BCUT2D eigenvalue weighted by Crippen LogP contribution is 2.61. The Morgan fingerprint density at radius 2 is 0.778 bits per heavy atom. The molecule has 109 valence electrons. The first-order valence-corrected chi connectivity index (χ1v) is 16.4. The Morgan fingerprint density at radius 1 is 0.556 bits per heavy atom. The lowest BCUT2D eigenvalue weighted by molar-refractivity contribution is 0.556. The molecule has 0 atom stereocenters. The van der Waals surface area contributed by atoms with E-state index in [-0.39, 0.29) is 0 Å². The van der Waals surface area contributed by atoms with Gasteiger partial charge in [-0.05, 0) is 15.1 Å². The zero-order valence-corrected chi connectivity index (χ0v) is 18.2. The van der Waals surface area contributed by atoms with Gasteiger partial charge in [-0.2, -0.15) is 0 Å². The van der Waals surface area contributed by atoms with Crippen molar-refractivity contribution in [3.05, 3.63) is 0 Å². The van der Waals surface area contributed by atoms with Gasteiger partial charge in [-0.1, -0.05) is 82.0 Å². The maximum Gasteiger partial charge on any atom is 0.0541 e. The zero-order chi connectivity index (χ0) is 15.2. The van der Waals surface area contributed by atoms with E-state index in [1.165, 1.54) is 0 Å². The molecule has 0 aliphatic rings. The van der Waals surface area contributed by atoms with Crippen molar-refractivity contribution >= 4 is 23.7 Å². The summed E-state index contributed by atoms with van der Waals surface area (Å²) in [5.74, 6) is 0. The third-order valence-electron chi connectivity index (χ3n) is 4.20. The first-order chi connectivity index (χ1) is 7.46. The normalized spacial score (nSPS) is 16.0. The molecule has 0 amide bonds. The maximum atomic E-state index is 2.59. The van der Waals surface area contributed by atoms with Gasteiger partial charge in [0.05, 0.1) is 7.59 Å². The Bertz CT molecular complexity index is 243. The van der Waals surface area contributed by atoms with E-state index in [1.54, 1.807) is 0 Å². The Balaban J connectivity index is 6.10. The molecule has 0 rings (SSSR count). The minimum absolute atomic E-state index is 0.499. The fraction of sp³-hybridized carbons (Fsp3) is 1.00. The van der Waals surface area contributed by atoms with Crippen LogP contribution in [0.3, 0.4) is 0 Å². The summed E-state index contributed by atoms with van der Waals surface area (Å²) in [5, 5.41) is 1.50. The van der Waals surface area contributed by atoms with Gasteiger partial charge in [0.2, 0.25) is 0 Å². The minimum atomic E-state index is -1.39. The molecule has 0 heterocycles. The summed E-state index contributed by atoms with van der Waals surface area (Å²) in [6.45, 7) is 30.5. The summed E-state index contributed by atoms with van der Waals surface area (Å²) in [6, 6.07) is 0. The predicted octanol–water partition coefficient (Wildman–Crippen LogP) is 5.60. The quantitative estimate of drug-likeness (QED) is 0.582. The average Bonchev–Trinajstić information content (AvgIpc) is 1.90. The van der Waals surface area contributed by atoms with E-state index >= 15 is 0 Å². The van der Waals surface area contributed by atoms with Crippen molar-refractivity contribution in [2.24, 2.45) is 0 Å². The van der Waals surface area contributed by atoms with Crippen LogP contribution in [0.4, 0.5) is 0 Å². The van der Waals surface area contributed by atoms with Gasteiger partial charge >= 0.3 is 0 Å². The van der Waals surface area contributed by atoms with Crippen molar-refractivity contribution in [1.82, 2.24) is 0 Å². The Labute approximate surface area is 121 Å². The lowest BCUT2D eigenvalue weighted by Gasteiger charge is -2.61. The van der Waals surface area contributed by atoms with Gasteiger partial charge in [0.15, 0.2) is 0 Å². The Kier molecular flexibility index (Phi) is 5.06. The van der Waals surface area contributed by atoms with E-state index in [1.807, 2.05) is 0 Å². The summed E-state index contributed by atoms with van der Waals surface area (Å²) in [7, 11) is -1.74. The molecule has 0 N–H and O–H groups in total. The highest BCUT2D eigenvalue weighted by atomic mass is 29.6.